The standard InChI is InChI=1S/C10H7N.2C2H6/c1-2-4-9-6-7-11-8-10(9)5-3-1;2*1-2/h1-3,5-8H;2*1-2H3. The lowest BCUT2D eigenvalue weighted by atomic mass is 10.3. The van der Waals surface area contributed by atoms with Crippen molar-refractivity contribution in [3.63, 3.8) is 0 Å². The molecular formula is C14H19N. The van der Waals surface area contributed by atoms with E-state index in [1.807, 2.05) is 64.3 Å². The highest BCUT2D eigenvalue weighted by Gasteiger charge is 1.82. The second-order valence-corrected chi connectivity index (χ2v) is 2.33. The minimum Gasteiger partial charge on any atom is -0.264 e. The summed E-state index contributed by atoms with van der Waals surface area (Å²) in [5.41, 5.74) is 3.14. The molecule has 2 rings (SSSR count). The zero-order chi connectivity index (χ0) is 11.5. The van der Waals surface area contributed by atoms with Crippen LogP contribution in [-0.4, -0.2) is 4.98 Å². The molecule has 1 aliphatic rings. The van der Waals surface area contributed by atoms with Gasteiger partial charge in [0.25, 0.3) is 0 Å². The molecule has 80 valence electrons. The van der Waals surface area contributed by atoms with Crippen LogP contribution in [0.25, 0.3) is 11.8 Å². The first kappa shape index (κ1) is 13.4. The number of aromatic nitrogens is 1. The lowest BCUT2D eigenvalue weighted by Gasteiger charge is -1.82. The summed E-state index contributed by atoms with van der Waals surface area (Å²) in [7, 11) is 0. The van der Waals surface area contributed by atoms with Crippen molar-refractivity contribution in [3.8, 4) is 0 Å². The minimum atomic E-state index is 1.10. The van der Waals surface area contributed by atoms with E-state index in [1.54, 1.807) is 6.20 Å². The van der Waals surface area contributed by atoms with E-state index in [9.17, 15) is 0 Å². The highest BCUT2D eigenvalue weighted by Crippen LogP contribution is 1.78. The molecule has 0 amide bonds. The topological polar surface area (TPSA) is 12.9 Å². The molecular weight excluding hydrogens is 182 g/mol. The van der Waals surface area contributed by atoms with Gasteiger partial charge in [-0.2, -0.15) is 0 Å². The summed E-state index contributed by atoms with van der Waals surface area (Å²) in [6.07, 6.45) is 11.5. The number of allylic oxidation sites excluding steroid dienone is 3. The van der Waals surface area contributed by atoms with Crippen LogP contribution in [0.4, 0.5) is 0 Å². The van der Waals surface area contributed by atoms with Gasteiger partial charge in [0, 0.05) is 22.8 Å². The first-order valence-electron chi connectivity index (χ1n) is 5.50. The third kappa shape index (κ3) is 4.44. The molecule has 15 heavy (non-hydrogen) atoms. The maximum absolute atomic E-state index is 4.02. The summed E-state index contributed by atoms with van der Waals surface area (Å²) in [5.74, 6) is 0. The lowest BCUT2D eigenvalue weighted by Crippen LogP contribution is -2.22. The van der Waals surface area contributed by atoms with Gasteiger partial charge in [0.15, 0.2) is 0 Å². The average molecular weight is 201 g/mol. The van der Waals surface area contributed by atoms with Gasteiger partial charge >= 0.3 is 0 Å². The van der Waals surface area contributed by atoms with Crippen LogP contribution in [-0.2, 0) is 0 Å². The summed E-state index contributed by atoms with van der Waals surface area (Å²) < 4.78 is 0. The van der Waals surface area contributed by atoms with Gasteiger partial charge in [-0.05, 0) is 12.1 Å². The Hall–Kier alpha value is -1.59. The Labute approximate surface area is 92.2 Å². The van der Waals surface area contributed by atoms with E-state index < -0.39 is 0 Å². The van der Waals surface area contributed by atoms with Crippen LogP contribution in [0.1, 0.15) is 27.7 Å². The summed E-state index contributed by atoms with van der Waals surface area (Å²) >= 11 is 0. The van der Waals surface area contributed by atoms with Crippen molar-refractivity contribution in [2.45, 2.75) is 27.7 Å². The molecule has 1 heterocycles. The second kappa shape index (κ2) is 8.98. The van der Waals surface area contributed by atoms with Gasteiger partial charge in [-0.15, -0.1) is 5.73 Å². The van der Waals surface area contributed by atoms with Gasteiger partial charge in [0.2, 0.25) is 0 Å². The fraction of sp³-hybridized carbons (Fsp3) is 0.286. The smallest absolute Gasteiger partial charge is 0.0352 e. The van der Waals surface area contributed by atoms with Crippen molar-refractivity contribution in [3.05, 3.63) is 47.1 Å². The van der Waals surface area contributed by atoms with Gasteiger partial charge in [-0.3, -0.25) is 4.98 Å². The molecule has 0 radical (unpaired) electrons. The maximum Gasteiger partial charge on any atom is 0.0352 e. The molecule has 0 spiro atoms. The summed E-state index contributed by atoms with van der Waals surface area (Å²) in [5, 5.41) is 2.22. The third-order valence-corrected chi connectivity index (χ3v) is 1.57. The van der Waals surface area contributed by atoms with Gasteiger partial charge < -0.3 is 0 Å². The molecule has 0 aromatic carbocycles. The SMILES string of the molecule is C1=CC=CC=c2cnccc2=1.CC.CC. The molecule has 0 bridgehead atoms. The Bertz CT molecular complexity index is 435. The summed E-state index contributed by atoms with van der Waals surface area (Å²) in [4.78, 5) is 4.02. The monoisotopic (exact) mass is 201 g/mol. The molecule has 0 N–H and O–H groups in total. The van der Waals surface area contributed by atoms with Crippen LogP contribution < -0.4 is 10.4 Å². The Morgan fingerprint density at radius 2 is 1.80 bits per heavy atom. The molecule has 0 saturated heterocycles. The van der Waals surface area contributed by atoms with Crippen LogP contribution in [0.2, 0.25) is 0 Å². The lowest BCUT2D eigenvalue weighted by molar-refractivity contribution is 1.28. The third-order valence-electron chi connectivity index (χ3n) is 1.57. The van der Waals surface area contributed by atoms with Crippen LogP contribution in [0, 0.1) is 0 Å². The van der Waals surface area contributed by atoms with E-state index in [-0.39, 0.29) is 0 Å². The molecule has 1 aromatic heterocycles. The first-order valence-corrected chi connectivity index (χ1v) is 5.50. The number of fused-ring (bicyclic) bond motifs is 1. The molecule has 0 fully saturated rings. The molecule has 1 nitrogen and oxygen atoms in total. The van der Waals surface area contributed by atoms with Gasteiger partial charge in [-0.1, -0.05) is 45.9 Å². The summed E-state index contributed by atoms with van der Waals surface area (Å²) in [6.45, 7) is 8.00. The molecule has 0 aliphatic heterocycles. The first-order chi connectivity index (χ1) is 7.47. The Balaban J connectivity index is 0.000000442. The van der Waals surface area contributed by atoms with E-state index in [4.69, 9.17) is 0 Å². The number of pyridine rings is 1. The largest absolute Gasteiger partial charge is 0.264 e. The quantitative estimate of drug-likeness (QED) is 0.628. The highest BCUT2D eigenvalue weighted by molar-refractivity contribution is 5.43. The van der Waals surface area contributed by atoms with Crippen LogP contribution >= 0.6 is 0 Å². The number of nitrogens with zero attached hydrogens (tertiary/aromatic N) is 1. The number of hydrogen-bond acceptors (Lipinski definition) is 1. The Morgan fingerprint density at radius 1 is 1.07 bits per heavy atom. The van der Waals surface area contributed by atoms with Crippen LogP contribution in [0.15, 0.2) is 36.7 Å². The van der Waals surface area contributed by atoms with Crippen molar-refractivity contribution in [2.24, 2.45) is 0 Å². The van der Waals surface area contributed by atoms with Gasteiger partial charge in [-0.25, -0.2) is 0 Å². The molecule has 1 aliphatic carbocycles. The normalized spacial score (nSPS) is 10.1. The summed E-state index contributed by atoms with van der Waals surface area (Å²) in [6, 6.07) is 1.95. The van der Waals surface area contributed by atoms with Crippen LogP contribution in [0.5, 0.6) is 0 Å². The van der Waals surface area contributed by atoms with E-state index in [0.29, 0.717) is 0 Å². The highest BCUT2D eigenvalue weighted by atomic mass is 14.6. The molecule has 0 atom stereocenters. The van der Waals surface area contributed by atoms with E-state index >= 15 is 0 Å². The molecule has 1 heteroatoms. The van der Waals surface area contributed by atoms with E-state index in [2.05, 4.69) is 10.7 Å². The van der Waals surface area contributed by atoms with Crippen molar-refractivity contribution >= 4 is 11.8 Å². The van der Waals surface area contributed by atoms with Gasteiger partial charge in [0.05, 0.1) is 0 Å². The molecule has 0 unspecified atom stereocenters. The van der Waals surface area contributed by atoms with Crippen molar-refractivity contribution in [2.75, 3.05) is 0 Å². The average Bonchev–Trinajstić information content (AvgIpc) is 2.59. The molecule has 1 aromatic rings. The Morgan fingerprint density at radius 3 is 2.53 bits per heavy atom. The second-order valence-electron chi connectivity index (χ2n) is 2.33. The van der Waals surface area contributed by atoms with Crippen LogP contribution in [0.3, 0.4) is 0 Å². The number of hydrogen-bond donors (Lipinski definition) is 0. The van der Waals surface area contributed by atoms with Crippen molar-refractivity contribution in [1.29, 1.82) is 0 Å². The zero-order valence-corrected chi connectivity index (χ0v) is 9.99. The molecule has 0 saturated carbocycles. The predicted molar refractivity (Wildman–Crippen MR) is 67.8 cm³/mol. The fourth-order valence-electron chi connectivity index (χ4n) is 1.02. The van der Waals surface area contributed by atoms with E-state index in [1.165, 1.54) is 0 Å². The number of rotatable bonds is 0. The van der Waals surface area contributed by atoms with E-state index in [0.717, 1.165) is 10.4 Å². The predicted octanol–water partition coefficient (Wildman–Crippen LogP) is 2.42. The zero-order valence-electron chi connectivity index (χ0n) is 9.99. The minimum absolute atomic E-state index is 1.10. The van der Waals surface area contributed by atoms with Crippen molar-refractivity contribution < 1.29 is 0 Å². The van der Waals surface area contributed by atoms with Crippen molar-refractivity contribution in [1.82, 2.24) is 4.98 Å². The Kier molecular flexibility index (Phi) is 8.03. The maximum atomic E-state index is 4.02. The fourth-order valence-corrected chi connectivity index (χ4v) is 1.02. The van der Waals surface area contributed by atoms with Gasteiger partial charge in [0.1, 0.15) is 0 Å².